The lowest BCUT2D eigenvalue weighted by atomic mass is 10.0. The summed E-state index contributed by atoms with van der Waals surface area (Å²) in [5, 5.41) is 10.1. The van der Waals surface area contributed by atoms with E-state index < -0.39 is 0 Å². The second-order valence-electron chi connectivity index (χ2n) is 6.65. The minimum absolute atomic E-state index is 0.139. The number of fused-ring (bicyclic) bond motifs is 1. The highest BCUT2D eigenvalue weighted by Gasteiger charge is 2.19. The normalized spacial score (nSPS) is 17.2. The summed E-state index contributed by atoms with van der Waals surface area (Å²) in [7, 11) is 0. The van der Waals surface area contributed by atoms with Crippen LogP contribution in [0.3, 0.4) is 0 Å². The van der Waals surface area contributed by atoms with E-state index in [1.807, 2.05) is 0 Å². The summed E-state index contributed by atoms with van der Waals surface area (Å²) in [6, 6.07) is 15.0. The third-order valence-corrected chi connectivity index (χ3v) is 5.90. The first-order valence-electron chi connectivity index (χ1n) is 9.17. The molecule has 2 heterocycles. The molecule has 1 unspecified atom stereocenters. The Morgan fingerprint density at radius 1 is 1.23 bits per heavy atom. The highest BCUT2D eigenvalue weighted by atomic mass is 32.2. The molecule has 1 aliphatic rings. The second kappa shape index (κ2) is 8.10. The van der Waals surface area contributed by atoms with Gasteiger partial charge >= 0.3 is 5.69 Å². The molecule has 26 heavy (non-hydrogen) atoms. The van der Waals surface area contributed by atoms with Gasteiger partial charge < -0.3 is 4.74 Å². The van der Waals surface area contributed by atoms with Crippen LogP contribution in [0, 0.1) is 0 Å². The molecule has 4 rings (SSSR count). The van der Waals surface area contributed by atoms with Crippen LogP contribution in [-0.2, 0) is 17.7 Å². The Balaban J connectivity index is 1.35. The lowest BCUT2D eigenvalue weighted by Crippen LogP contribution is -2.25. The Morgan fingerprint density at radius 2 is 2.12 bits per heavy atom. The predicted octanol–water partition coefficient (Wildman–Crippen LogP) is 3.63. The molecule has 1 aliphatic heterocycles. The summed E-state index contributed by atoms with van der Waals surface area (Å²) < 4.78 is 7.37. The van der Waals surface area contributed by atoms with Crippen LogP contribution in [0.2, 0.25) is 0 Å². The number of benzene rings is 2. The smallest absolute Gasteiger partial charge is 0.344 e. The largest absolute Gasteiger partial charge is 0.376 e. The van der Waals surface area contributed by atoms with Crippen molar-refractivity contribution < 1.29 is 4.74 Å². The molecule has 0 spiro atoms. The monoisotopic (exact) mass is 369 g/mol. The zero-order valence-corrected chi connectivity index (χ0v) is 15.5. The first-order valence-corrected chi connectivity index (χ1v) is 10.2. The number of H-pyrrole nitrogens is 1. The number of rotatable bonds is 7. The van der Waals surface area contributed by atoms with E-state index in [2.05, 4.69) is 52.7 Å². The average Bonchev–Trinajstić information content (AvgIpc) is 3.30. The number of ether oxygens (including phenoxy) is 1. The zero-order valence-electron chi connectivity index (χ0n) is 14.7. The van der Waals surface area contributed by atoms with Gasteiger partial charge in [0.1, 0.15) is 0 Å². The van der Waals surface area contributed by atoms with Crippen LogP contribution in [0.4, 0.5) is 0 Å². The van der Waals surface area contributed by atoms with Crippen LogP contribution in [0.25, 0.3) is 10.8 Å². The maximum absolute atomic E-state index is 12.0. The fourth-order valence-corrected chi connectivity index (χ4v) is 4.40. The zero-order chi connectivity index (χ0) is 17.8. The van der Waals surface area contributed by atoms with Gasteiger partial charge in [0, 0.05) is 12.4 Å². The van der Waals surface area contributed by atoms with Crippen molar-refractivity contribution >= 4 is 22.5 Å². The molecule has 0 amide bonds. The van der Waals surface area contributed by atoms with Gasteiger partial charge in [-0.3, -0.25) is 4.57 Å². The van der Waals surface area contributed by atoms with Gasteiger partial charge in [0.15, 0.2) is 5.16 Å². The molecule has 0 bridgehead atoms. The molecular weight excluding hydrogens is 346 g/mol. The molecule has 1 saturated heterocycles. The van der Waals surface area contributed by atoms with E-state index in [0.29, 0.717) is 6.54 Å². The average molecular weight is 369 g/mol. The molecule has 1 fully saturated rings. The number of aromatic amines is 1. The molecule has 1 aromatic heterocycles. The van der Waals surface area contributed by atoms with Crippen molar-refractivity contribution in [3.8, 4) is 0 Å². The van der Waals surface area contributed by atoms with Crippen molar-refractivity contribution in [2.24, 2.45) is 0 Å². The Kier molecular flexibility index (Phi) is 5.41. The number of thioether (sulfide) groups is 1. The molecule has 1 N–H and O–H groups in total. The number of hydrogen-bond acceptors (Lipinski definition) is 4. The number of nitrogens with zero attached hydrogens (tertiary/aromatic N) is 2. The van der Waals surface area contributed by atoms with E-state index >= 15 is 0 Å². The van der Waals surface area contributed by atoms with Gasteiger partial charge in [-0.25, -0.2) is 9.89 Å². The summed E-state index contributed by atoms with van der Waals surface area (Å²) >= 11 is 1.64. The van der Waals surface area contributed by atoms with Gasteiger partial charge in [-0.05, 0) is 42.0 Å². The van der Waals surface area contributed by atoms with Gasteiger partial charge in [0.2, 0.25) is 0 Å². The second-order valence-corrected chi connectivity index (χ2v) is 7.71. The minimum atomic E-state index is -0.142. The number of aromatic nitrogens is 3. The molecule has 1 atom stereocenters. The Labute approximate surface area is 156 Å². The SMILES string of the molecule is O=c1[nH]nc(SCCCc2cccc3ccccc23)n1CC1CCCO1. The molecule has 3 aromatic rings. The Morgan fingerprint density at radius 3 is 3.00 bits per heavy atom. The van der Waals surface area contributed by atoms with Crippen molar-refractivity contribution in [3.63, 3.8) is 0 Å². The summed E-state index contributed by atoms with van der Waals surface area (Å²) in [6.45, 7) is 1.39. The summed E-state index contributed by atoms with van der Waals surface area (Å²) in [5.41, 5.74) is 1.24. The molecule has 2 aromatic carbocycles. The van der Waals surface area contributed by atoms with Crippen LogP contribution in [0.15, 0.2) is 52.4 Å². The topological polar surface area (TPSA) is 59.9 Å². The lowest BCUT2D eigenvalue weighted by molar-refractivity contribution is 0.0941. The van der Waals surface area contributed by atoms with Gasteiger partial charge in [-0.15, -0.1) is 5.10 Å². The summed E-state index contributed by atoms with van der Waals surface area (Å²) in [4.78, 5) is 12.0. The van der Waals surface area contributed by atoms with Gasteiger partial charge in [0.05, 0.1) is 12.6 Å². The van der Waals surface area contributed by atoms with E-state index in [0.717, 1.165) is 43.2 Å². The van der Waals surface area contributed by atoms with Gasteiger partial charge in [-0.1, -0.05) is 54.2 Å². The van der Waals surface area contributed by atoms with Crippen molar-refractivity contribution in [2.75, 3.05) is 12.4 Å². The minimum Gasteiger partial charge on any atom is -0.376 e. The van der Waals surface area contributed by atoms with Crippen molar-refractivity contribution in [3.05, 3.63) is 58.5 Å². The fraction of sp³-hybridized carbons (Fsp3) is 0.400. The predicted molar refractivity (Wildman–Crippen MR) is 105 cm³/mol. The number of hydrogen-bond donors (Lipinski definition) is 1. The quantitative estimate of drug-likeness (QED) is 0.510. The number of aryl methyl sites for hydroxylation is 1. The van der Waals surface area contributed by atoms with E-state index in [1.54, 1.807) is 16.3 Å². The molecule has 0 saturated carbocycles. The van der Waals surface area contributed by atoms with E-state index in [-0.39, 0.29) is 11.8 Å². The highest BCUT2D eigenvalue weighted by molar-refractivity contribution is 7.99. The number of nitrogens with one attached hydrogen (secondary N) is 1. The van der Waals surface area contributed by atoms with Crippen LogP contribution in [0.1, 0.15) is 24.8 Å². The molecule has 6 heteroatoms. The van der Waals surface area contributed by atoms with Crippen molar-refractivity contribution in [2.45, 2.75) is 43.5 Å². The Bertz CT molecular complexity index is 923. The first-order chi connectivity index (χ1) is 12.8. The van der Waals surface area contributed by atoms with Crippen LogP contribution < -0.4 is 5.69 Å². The lowest BCUT2D eigenvalue weighted by Gasteiger charge is -2.11. The summed E-state index contributed by atoms with van der Waals surface area (Å²) in [6.07, 6.45) is 4.29. The van der Waals surface area contributed by atoms with Crippen LogP contribution in [-0.4, -0.2) is 33.2 Å². The Hall–Kier alpha value is -2.05. The maximum Gasteiger partial charge on any atom is 0.344 e. The molecule has 136 valence electrons. The summed E-state index contributed by atoms with van der Waals surface area (Å²) in [5.74, 6) is 0.930. The van der Waals surface area contributed by atoms with Gasteiger partial charge in [0.25, 0.3) is 0 Å². The third-order valence-electron chi connectivity index (χ3n) is 4.83. The standard InChI is InChI=1S/C20H23N3O2S/c24-19-21-22-20(23(19)14-17-10-4-12-25-17)26-13-5-9-16-8-3-7-15-6-1-2-11-18(15)16/h1-3,6-8,11,17H,4-5,9-10,12-14H2,(H,21,24). The molecule has 0 aliphatic carbocycles. The maximum atomic E-state index is 12.0. The van der Waals surface area contributed by atoms with E-state index in [1.165, 1.54) is 16.3 Å². The van der Waals surface area contributed by atoms with Gasteiger partial charge in [-0.2, -0.15) is 0 Å². The molecular formula is C20H23N3O2S. The first kappa shape index (κ1) is 17.4. The highest BCUT2D eigenvalue weighted by Crippen LogP contribution is 2.22. The van der Waals surface area contributed by atoms with E-state index in [4.69, 9.17) is 4.74 Å². The van der Waals surface area contributed by atoms with Crippen molar-refractivity contribution in [1.29, 1.82) is 0 Å². The van der Waals surface area contributed by atoms with E-state index in [9.17, 15) is 4.79 Å². The van der Waals surface area contributed by atoms with Crippen LogP contribution in [0.5, 0.6) is 0 Å². The van der Waals surface area contributed by atoms with Crippen LogP contribution >= 0.6 is 11.8 Å². The van der Waals surface area contributed by atoms with Crippen molar-refractivity contribution in [1.82, 2.24) is 14.8 Å². The third kappa shape index (κ3) is 3.86. The molecule has 0 radical (unpaired) electrons. The molecule has 5 nitrogen and oxygen atoms in total. The fourth-order valence-electron chi connectivity index (χ4n) is 3.50.